The van der Waals surface area contributed by atoms with Crippen molar-refractivity contribution in [3.63, 3.8) is 0 Å². The average molecular weight is 341 g/mol. The van der Waals surface area contributed by atoms with Crippen LogP contribution in [0.15, 0.2) is 0 Å². The molecule has 0 aromatic carbocycles. The zero-order valence-electron chi connectivity index (χ0n) is 13.7. The van der Waals surface area contributed by atoms with Gasteiger partial charge in [0.15, 0.2) is 0 Å². The van der Waals surface area contributed by atoms with Crippen LogP contribution in [0.5, 0.6) is 0 Å². The Hall–Kier alpha value is -1.40. The summed E-state index contributed by atoms with van der Waals surface area (Å²) < 4.78 is 0. The molecule has 0 saturated heterocycles. The lowest BCUT2D eigenvalue weighted by Gasteiger charge is -2.24. The lowest BCUT2D eigenvalue weighted by Crippen LogP contribution is -2.45. The lowest BCUT2D eigenvalue weighted by atomic mass is 10.1. The zero-order valence-corrected chi connectivity index (χ0v) is 15.3. The smallest absolute Gasteiger partial charge is 0.239 e. The molecule has 1 amide bonds. The first-order valence-electron chi connectivity index (χ1n) is 7.04. The van der Waals surface area contributed by atoms with Gasteiger partial charge in [0.25, 0.3) is 0 Å². The van der Waals surface area contributed by atoms with Crippen molar-refractivity contribution in [2.24, 2.45) is 0 Å². The van der Waals surface area contributed by atoms with Crippen molar-refractivity contribution in [3.8, 4) is 0 Å². The number of carbonyl (C=O) groups is 1. The Kier molecular flexibility index (Phi) is 4.63. The van der Waals surface area contributed by atoms with E-state index in [0.717, 1.165) is 15.8 Å². The molecule has 0 spiro atoms. The van der Waals surface area contributed by atoms with E-state index in [0.29, 0.717) is 5.82 Å². The summed E-state index contributed by atoms with van der Waals surface area (Å²) in [5, 5.41) is 4.12. The molecule has 2 rings (SSSR count). The van der Waals surface area contributed by atoms with Crippen molar-refractivity contribution in [1.29, 1.82) is 0 Å². The molecule has 0 radical (unpaired) electrons. The van der Waals surface area contributed by atoms with Crippen LogP contribution in [0.2, 0.25) is 5.28 Å². The second-order valence-corrected chi connectivity index (χ2v) is 7.98. The van der Waals surface area contributed by atoms with Gasteiger partial charge in [0.2, 0.25) is 11.2 Å². The first-order valence-corrected chi connectivity index (χ1v) is 8.23. The van der Waals surface area contributed by atoms with Gasteiger partial charge in [-0.2, -0.15) is 4.98 Å². The minimum absolute atomic E-state index is 0.0533. The lowest BCUT2D eigenvalue weighted by molar-refractivity contribution is -0.121. The van der Waals surface area contributed by atoms with Crippen molar-refractivity contribution in [2.75, 3.05) is 18.5 Å². The second-order valence-electron chi connectivity index (χ2n) is 6.43. The van der Waals surface area contributed by atoms with E-state index < -0.39 is 0 Å². The number of nitrogens with one attached hydrogen (secondary N) is 1. The van der Waals surface area contributed by atoms with Gasteiger partial charge in [0.1, 0.15) is 10.6 Å². The SMILES string of the molecule is Cc1sc2nc(Cl)nc(N(C)CC(=O)NC(C)(C)C)c2c1C. The number of carbonyl (C=O) groups excluding carboxylic acids is 1. The molecule has 0 bridgehead atoms. The number of halogens is 1. The molecule has 0 atom stereocenters. The molecule has 1 N–H and O–H groups in total. The first-order chi connectivity index (χ1) is 10.1. The topological polar surface area (TPSA) is 58.1 Å². The van der Waals surface area contributed by atoms with E-state index in [4.69, 9.17) is 11.6 Å². The molecule has 0 aliphatic heterocycles. The van der Waals surface area contributed by atoms with Crippen LogP contribution in [0.25, 0.3) is 10.2 Å². The molecule has 2 heterocycles. The molecular weight excluding hydrogens is 320 g/mol. The maximum absolute atomic E-state index is 12.1. The van der Waals surface area contributed by atoms with Gasteiger partial charge in [-0.25, -0.2) is 4.98 Å². The van der Waals surface area contributed by atoms with Crippen molar-refractivity contribution >= 4 is 44.9 Å². The number of hydrogen-bond donors (Lipinski definition) is 1. The molecule has 0 fully saturated rings. The van der Waals surface area contributed by atoms with Gasteiger partial charge in [0, 0.05) is 17.5 Å². The third-order valence-electron chi connectivity index (χ3n) is 3.24. The minimum atomic E-state index is -0.258. The Morgan fingerprint density at radius 1 is 1.32 bits per heavy atom. The Bertz CT molecular complexity index is 720. The number of thiophene rings is 1. The predicted octanol–water partition coefficient (Wildman–Crippen LogP) is 3.31. The largest absolute Gasteiger partial charge is 0.350 e. The number of rotatable bonds is 3. The van der Waals surface area contributed by atoms with Gasteiger partial charge in [-0.05, 0) is 51.8 Å². The normalized spacial score (nSPS) is 11.8. The summed E-state index contributed by atoms with van der Waals surface area (Å²) in [6.45, 7) is 10.2. The van der Waals surface area contributed by atoms with Crippen LogP contribution in [0.3, 0.4) is 0 Å². The summed E-state index contributed by atoms with van der Waals surface area (Å²) in [4.78, 5) is 24.6. The van der Waals surface area contributed by atoms with Crippen molar-refractivity contribution < 1.29 is 4.79 Å². The third-order valence-corrected chi connectivity index (χ3v) is 4.51. The number of amides is 1. The number of hydrogen-bond acceptors (Lipinski definition) is 5. The predicted molar refractivity (Wildman–Crippen MR) is 93.1 cm³/mol. The molecule has 2 aromatic heterocycles. The van der Waals surface area contributed by atoms with E-state index in [1.165, 1.54) is 4.88 Å². The summed E-state index contributed by atoms with van der Waals surface area (Å²) in [5.74, 6) is 0.642. The van der Waals surface area contributed by atoms with E-state index >= 15 is 0 Å². The van der Waals surface area contributed by atoms with E-state index in [9.17, 15) is 4.79 Å². The van der Waals surface area contributed by atoms with Crippen molar-refractivity contribution in [1.82, 2.24) is 15.3 Å². The van der Waals surface area contributed by atoms with Crippen LogP contribution in [-0.4, -0.2) is 35.0 Å². The van der Waals surface area contributed by atoms with Crippen molar-refractivity contribution in [3.05, 3.63) is 15.7 Å². The van der Waals surface area contributed by atoms with E-state index in [2.05, 4.69) is 15.3 Å². The van der Waals surface area contributed by atoms with Gasteiger partial charge in [-0.3, -0.25) is 4.79 Å². The fraction of sp³-hybridized carbons (Fsp3) is 0.533. The number of aromatic nitrogens is 2. The monoisotopic (exact) mass is 340 g/mol. The Balaban J connectivity index is 2.35. The highest BCUT2D eigenvalue weighted by Crippen LogP contribution is 2.35. The molecular formula is C15H21ClN4OS. The van der Waals surface area contributed by atoms with Crippen LogP contribution in [-0.2, 0) is 4.79 Å². The highest BCUT2D eigenvalue weighted by molar-refractivity contribution is 7.18. The van der Waals surface area contributed by atoms with Gasteiger partial charge in [-0.15, -0.1) is 11.3 Å². The molecule has 2 aromatic rings. The number of likely N-dealkylation sites (N-methyl/N-ethyl adjacent to an activating group) is 1. The molecule has 22 heavy (non-hydrogen) atoms. The van der Waals surface area contributed by atoms with Gasteiger partial charge >= 0.3 is 0 Å². The molecule has 0 aliphatic rings. The number of nitrogens with zero attached hydrogens (tertiary/aromatic N) is 3. The Morgan fingerprint density at radius 2 is 1.95 bits per heavy atom. The van der Waals surface area contributed by atoms with Gasteiger partial charge < -0.3 is 10.2 Å². The standard InChI is InChI=1S/C15H21ClN4OS/c1-8-9(2)22-13-11(8)12(17-14(16)18-13)20(6)7-10(21)19-15(3,4)5/h7H2,1-6H3,(H,19,21). The molecule has 5 nitrogen and oxygen atoms in total. The fourth-order valence-electron chi connectivity index (χ4n) is 2.23. The molecule has 120 valence electrons. The summed E-state index contributed by atoms with van der Waals surface area (Å²) >= 11 is 7.62. The Morgan fingerprint density at radius 3 is 2.55 bits per heavy atom. The summed E-state index contributed by atoms with van der Waals surface area (Å²) in [6.07, 6.45) is 0. The van der Waals surface area contributed by atoms with Gasteiger partial charge in [0.05, 0.1) is 11.9 Å². The Labute approximate surface area is 139 Å². The number of anilines is 1. The fourth-order valence-corrected chi connectivity index (χ4v) is 3.47. The van der Waals surface area contributed by atoms with Crippen molar-refractivity contribution in [2.45, 2.75) is 40.2 Å². The molecule has 0 unspecified atom stereocenters. The summed E-state index contributed by atoms with van der Waals surface area (Å²) in [7, 11) is 1.84. The number of aryl methyl sites for hydroxylation is 2. The average Bonchev–Trinajstić information content (AvgIpc) is 2.61. The zero-order chi connectivity index (χ0) is 16.7. The van der Waals surface area contributed by atoms with Crippen LogP contribution in [0.4, 0.5) is 5.82 Å². The minimum Gasteiger partial charge on any atom is -0.350 e. The van der Waals surface area contributed by atoms with E-state index in [1.807, 2.05) is 46.6 Å². The van der Waals surface area contributed by atoms with Crippen LogP contribution in [0.1, 0.15) is 31.2 Å². The molecule has 7 heteroatoms. The van der Waals surface area contributed by atoms with E-state index in [-0.39, 0.29) is 23.3 Å². The van der Waals surface area contributed by atoms with Crippen LogP contribution in [0, 0.1) is 13.8 Å². The van der Waals surface area contributed by atoms with E-state index in [1.54, 1.807) is 11.3 Å². The maximum Gasteiger partial charge on any atom is 0.239 e. The van der Waals surface area contributed by atoms with Crippen LogP contribution < -0.4 is 10.2 Å². The number of fused-ring (bicyclic) bond motifs is 1. The first kappa shape index (κ1) is 17.0. The second kappa shape index (κ2) is 6.01. The highest BCUT2D eigenvalue weighted by Gasteiger charge is 2.20. The third kappa shape index (κ3) is 3.67. The summed E-state index contributed by atoms with van der Waals surface area (Å²) in [6, 6.07) is 0. The molecule has 0 saturated carbocycles. The van der Waals surface area contributed by atoms with Crippen LogP contribution >= 0.6 is 22.9 Å². The maximum atomic E-state index is 12.1. The quantitative estimate of drug-likeness (QED) is 0.871. The summed E-state index contributed by atoms with van der Waals surface area (Å²) in [5.41, 5.74) is 0.876. The molecule has 0 aliphatic carbocycles. The highest BCUT2D eigenvalue weighted by atomic mass is 35.5. The van der Waals surface area contributed by atoms with Gasteiger partial charge in [-0.1, -0.05) is 0 Å².